The van der Waals surface area contributed by atoms with E-state index in [0.717, 1.165) is 48.2 Å². The van der Waals surface area contributed by atoms with E-state index < -0.39 is 0 Å². The van der Waals surface area contributed by atoms with Gasteiger partial charge >= 0.3 is 6.09 Å². The minimum Gasteiger partial charge on any atom is -0.486 e. The average molecular weight is 479 g/mol. The van der Waals surface area contributed by atoms with Gasteiger partial charge in [-0.3, -0.25) is 14.8 Å². The molecule has 0 aliphatic carbocycles. The summed E-state index contributed by atoms with van der Waals surface area (Å²) < 4.78 is 22.2. The lowest BCUT2D eigenvalue weighted by Gasteiger charge is -2.23. The Balaban J connectivity index is 1.17. The lowest BCUT2D eigenvalue weighted by molar-refractivity contribution is 0.110. The maximum absolute atomic E-state index is 12.6. The van der Waals surface area contributed by atoms with Crippen molar-refractivity contribution >= 4 is 22.8 Å². The number of hydrogen-bond acceptors (Lipinski definition) is 8. The molecule has 3 aromatic rings. The number of hydrogen-bond donors (Lipinski definition) is 0. The summed E-state index contributed by atoms with van der Waals surface area (Å²) >= 11 is 0. The lowest BCUT2D eigenvalue weighted by Crippen LogP contribution is -2.35. The number of likely N-dealkylation sites (N-methyl/N-ethyl adjacent to an activating group) is 1. The molecule has 0 spiro atoms. The van der Waals surface area contributed by atoms with Crippen molar-refractivity contribution in [2.45, 2.75) is 25.9 Å². The fourth-order valence-corrected chi connectivity index (χ4v) is 4.56. The van der Waals surface area contributed by atoms with Crippen LogP contribution < -0.4 is 19.1 Å². The summed E-state index contributed by atoms with van der Waals surface area (Å²) in [6.07, 6.45) is 3.14. The number of methoxy groups -OCH3 is 1. The number of nitrogens with zero attached hydrogens (tertiary/aromatic N) is 4. The minimum absolute atomic E-state index is 0.191. The monoisotopic (exact) mass is 478 g/mol. The number of pyridine rings is 2. The van der Waals surface area contributed by atoms with Gasteiger partial charge in [-0.25, -0.2) is 9.78 Å². The van der Waals surface area contributed by atoms with E-state index in [0.29, 0.717) is 43.7 Å². The summed E-state index contributed by atoms with van der Waals surface area (Å²) in [4.78, 5) is 25.6. The maximum atomic E-state index is 12.6. The first-order valence-corrected chi connectivity index (χ1v) is 12.0. The first-order chi connectivity index (χ1) is 17.1. The van der Waals surface area contributed by atoms with E-state index in [1.165, 1.54) is 0 Å². The van der Waals surface area contributed by atoms with E-state index in [2.05, 4.69) is 21.8 Å². The molecule has 1 saturated heterocycles. The summed E-state index contributed by atoms with van der Waals surface area (Å²) in [5.41, 5.74) is 3.67. The number of aromatic nitrogens is 2. The Morgan fingerprint density at radius 3 is 2.83 bits per heavy atom. The van der Waals surface area contributed by atoms with Crippen LogP contribution in [0.1, 0.15) is 18.9 Å². The smallest absolute Gasteiger partial charge is 0.414 e. The lowest BCUT2D eigenvalue weighted by atomic mass is 10.1. The number of ether oxygens (including phenoxy) is 4. The highest BCUT2D eigenvalue weighted by molar-refractivity contribution is 5.90. The largest absolute Gasteiger partial charge is 0.486 e. The van der Waals surface area contributed by atoms with Gasteiger partial charge in [0.15, 0.2) is 11.5 Å². The molecule has 35 heavy (non-hydrogen) atoms. The summed E-state index contributed by atoms with van der Waals surface area (Å²) in [6, 6.07) is 11.3. The average Bonchev–Trinajstić information content (AvgIpc) is 3.27. The molecule has 2 aliphatic heterocycles. The van der Waals surface area contributed by atoms with E-state index >= 15 is 0 Å². The van der Waals surface area contributed by atoms with Crippen molar-refractivity contribution < 1.29 is 23.7 Å². The van der Waals surface area contributed by atoms with Gasteiger partial charge in [0, 0.05) is 24.9 Å². The highest BCUT2D eigenvalue weighted by atomic mass is 16.6. The van der Waals surface area contributed by atoms with Crippen LogP contribution in [0, 0.1) is 0 Å². The van der Waals surface area contributed by atoms with E-state index in [4.69, 9.17) is 18.9 Å². The fraction of sp³-hybridized carbons (Fsp3) is 0.423. The molecule has 4 heterocycles. The van der Waals surface area contributed by atoms with Gasteiger partial charge in [0.25, 0.3) is 0 Å². The van der Waals surface area contributed by atoms with Crippen LogP contribution in [-0.2, 0) is 11.2 Å². The third kappa shape index (κ3) is 5.09. The van der Waals surface area contributed by atoms with Crippen LogP contribution in [0.25, 0.3) is 11.0 Å². The van der Waals surface area contributed by atoms with E-state index in [9.17, 15) is 4.79 Å². The molecule has 1 fully saturated rings. The third-order valence-electron chi connectivity index (χ3n) is 6.39. The number of anilines is 1. The van der Waals surface area contributed by atoms with Gasteiger partial charge in [0.05, 0.1) is 30.4 Å². The summed E-state index contributed by atoms with van der Waals surface area (Å²) in [6.45, 7) is 6.14. The molecule has 9 heteroatoms. The number of carbonyl (C=O) groups is 1. The predicted octanol–water partition coefficient (Wildman–Crippen LogP) is 3.69. The molecule has 9 nitrogen and oxygen atoms in total. The predicted molar refractivity (Wildman–Crippen MR) is 132 cm³/mol. The number of carbonyl (C=O) groups excluding carboxylic acids is 1. The molecule has 0 N–H and O–H groups in total. The Labute approximate surface area is 204 Å². The van der Waals surface area contributed by atoms with E-state index in [1.54, 1.807) is 12.0 Å². The van der Waals surface area contributed by atoms with Gasteiger partial charge in [-0.15, -0.1) is 0 Å². The van der Waals surface area contributed by atoms with Crippen LogP contribution >= 0.6 is 0 Å². The van der Waals surface area contributed by atoms with Crippen molar-refractivity contribution in [1.82, 2.24) is 14.9 Å². The summed E-state index contributed by atoms with van der Waals surface area (Å²) in [5, 5.41) is 0. The molecule has 1 aromatic carbocycles. The van der Waals surface area contributed by atoms with Gasteiger partial charge in [-0.1, -0.05) is 6.92 Å². The van der Waals surface area contributed by atoms with Crippen molar-refractivity contribution in [3.05, 3.63) is 48.2 Å². The number of fused-ring (bicyclic) bond motifs is 2. The van der Waals surface area contributed by atoms with Crippen molar-refractivity contribution in [2.24, 2.45) is 0 Å². The second-order valence-electron chi connectivity index (χ2n) is 8.63. The quantitative estimate of drug-likeness (QED) is 0.460. The van der Waals surface area contributed by atoms with Crippen LogP contribution in [0.15, 0.2) is 42.6 Å². The third-order valence-corrected chi connectivity index (χ3v) is 6.39. The first kappa shape index (κ1) is 23.2. The van der Waals surface area contributed by atoms with Gasteiger partial charge in [-0.05, 0) is 55.8 Å². The summed E-state index contributed by atoms with van der Waals surface area (Å²) in [7, 11) is 1.62. The standard InChI is InChI=1S/C26H30N4O5/c1-3-29(12-4-5-18-10-11-27-21-7-9-24(32-2)28-25(18)21)16-20-17-30(26(31)35-20)19-6-8-22-23(15-19)34-14-13-33-22/h6-11,15,20H,3-5,12-14,16-17H2,1-2H3/t20-/m1/s1. The van der Waals surface area contributed by atoms with Crippen LogP contribution in [0.3, 0.4) is 0 Å². The van der Waals surface area contributed by atoms with Gasteiger partial charge in [-0.2, -0.15) is 0 Å². The molecule has 184 valence electrons. The van der Waals surface area contributed by atoms with Crippen molar-refractivity contribution in [2.75, 3.05) is 51.4 Å². The minimum atomic E-state index is -0.328. The normalized spacial score (nSPS) is 17.2. The Kier molecular flexibility index (Phi) is 6.85. The molecule has 1 amide bonds. The van der Waals surface area contributed by atoms with Crippen LogP contribution in [0.5, 0.6) is 17.4 Å². The van der Waals surface area contributed by atoms with E-state index in [-0.39, 0.29) is 12.2 Å². The Morgan fingerprint density at radius 2 is 2.00 bits per heavy atom. The van der Waals surface area contributed by atoms with E-state index in [1.807, 2.05) is 42.6 Å². The molecule has 0 bridgehead atoms. The highest BCUT2D eigenvalue weighted by Crippen LogP contribution is 2.35. The number of benzene rings is 1. The van der Waals surface area contributed by atoms with Crippen molar-refractivity contribution in [3.63, 3.8) is 0 Å². The number of amides is 1. The number of rotatable bonds is 9. The summed E-state index contributed by atoms with van der Waals surface area (Å²) in [5.74, 6) is 1.96. The molecule has 2 aromatic heterocycles. The fourth-order valence-electron chi connectivity index (χ4n) is 4.56. The molecular weight excluding hydrogens is 448 g/mol. The Hall–Kier alpha value is -3.59. The second-order valence-corrected chi connectivity index (χ2v) is 8.63. The Morgan fingerprint density at radius 1 is 1.14 bits per heavy atom. The topological polar surface area (TPSA) is 86.3 Å². The second kappa shape index (κ2) is 10.4. The molecule has 1 atom stereocenters. The zero-order chi connectivity index (χ0) is 24.2. The highest BCUT2D eigenvalue weighted by Gasteiger charge is 2.34. The van der Waals surface area contributed by atoms with Crippen molar-refractivity contribution in [3.8, 4) is 17.4 Å². The molecule has 0 saturated carbocycles. The number of aryl methyl sites for hydroxylation is 1. The molecular formula is C26H30N4O5. The van der Waals surface area contributed by atoms with Gasteiger partial charge in [0.2, 0.25) is 5.88 Å². The van der Waals surface area contributed by atoms with Gasteiger partial charge in [0.1, 0.15) is 19.3 Å². The molecule has 2 aliphatic rings. The zero-order valence-corrected chi connectivity index (χ0v) is 20.1. The maximum Gasteiger partial charge on any atom is 0.414 e. The Bertz CT molecular complexity index is 1200. The zero-order valence-electron chi connectivity index (χ0n) is 20.1. The van der Waals surface area contributed by atoms with Crippen LogP contribution in [0.4, 0.5) is 10.5 Å². The molecule has 0 radical (unpaired) electrons. The molecule has 0 unspecified atom stereocenters. The first-order valence-electron chi connectivity index (χ1n) is 12.0. The van der Waals surface area contributed by atoms with Crippen LogP contribution in [0.2, 0.25) is 0 Å². The molecule has 5 rings (SSSR count). The van der Waals surface area contributed by atoms with Crippen LogP contribution in [-0.4, -0.2) is 73.6 Å². The van der Waals surface area contributed by atoms with Crippen molar-refractivity contribution in [1.29, 1.82) is 0 Å². The van der Waals surface area contributed by atoms with Gasteiger partial charge < -0.3 is 18.9 Å². The number of cyclic esters (lactones) is 1. The SMILES string of the molecule is CCN(CCCc1ccnc2ccc(OC)nc12)C[C@@H]1CN(c2ccc3c(c2)OCCO3)C(=O)O1.